The lowest BCUT2D eigenvalue weighted by molar-refractivity contribution is 0.366. The number of hydrogen-bond acceptors (Lipinski definition) is 4. The van der Waals surface area contributed by atoms with Gasteiger partial charge >= 0.3 is 0 Å². The van der Waals surface area contributed by atoms with Crippen LogP contribution in [0.3, 0.4) is 0 Å². The Morgan fingerprint density at radius 1 is 1.55 bits per heavy atom. The van der Waals surface area contributed by atoms with Gasteiger partial charge in [0, 0.05) is 7.05 Å². The third kappa shape index (κ3) is 5.78. The number of hydrogen-bond donors (Lipinski definition) is 3. The number of nitrogens with one attached hydrogen (secondary N) is 2. The normalized spacial score (nSPS) is 10.8. The molecule has 0 saturated carbocycles. The molecule has 0 rings (SSSR count). The second-order valence-corrected chi connectivity index (χ2v) is 2.09. The van der Waals surface area contributed by atoms with Crippen molar-refractivity contribution in [3.8, 4) is 0 Å². The molecular formula is C6H17N5. The third-order valence-electron chi connectivity index (χ3n) is 1.14. The van der Waals surface area contributed by atoms with Crippen LogP contribution in [0, 0.1) is 0 Å². The van der Waals surface area contributed by atoms with Gasteiger partial charge in [0.15, 0.2) is 0 Å². The molecular weight excluding hydrogens is 142 g/mol. The second-order valence-electron chi connectivity index (χ2n) is 2.09. The van der Waals surface area contributed by atoms with Crippen LogP contribution in [0.15, 0.2) is 4.99 Å². The predicted molar refractivity (Wildman–Crippen MR) is 47.0 cm³/mol. The fourth-order valence-corrected chi connectivity index (χ4v) is 0.674. The van der Waals surface area contributed by atoms with Crippen LogP contribution in [0.5, 0.6) is 0 Å². The van der Waals surface area contributed by atoms with Crippen LogP contribution in [0.4, 0.5) is 0 Å². The second kappa shape index (κ2) is 7.46. The minimum absolute atomic E-state index is 0.602. The Kier molecular flexibility index (Phi) is 7.02. The molecule has 66 valence electrons. The third-order valence-corrected chi connectivity index (χ3v) is 1.14. The Labute approximate surface area is 67.6 Å². The first-order valence-corrected chi connectivity index (χ1v) is 3.65. The lowest BCUT2D eigenvalue weighted by Crippen LogP contribution is -2.42. The molecule has 0 aliphatic heterocycles. The van der Waals surface area contributed by atoms with Crippen molar-refractivity contribution >= 4 is 6.34 Å². The van der Waals surface area contributed by atoms with Crippen molar-refractivity contribution in [1.82, 2.24) is 15.6 Å². The molecule has 0 unspecified atom stereocenters. The fraction of sp³-hybridized carbons (Fsp3) is 0.833. The topological polar surface area (TPSA) is 65.7 Å². The molecule has 0 bridgehead atoms. The van der Waals surface area contributed by atoms with Gasteiger partial charge in [-0.15, -0.1) is 0 Å². The van der Waals surface area contributed by atoms with Crippen molar-refractivity contribution in [3.63, 3.8) is 0 Å². The average molecular weight is 159 g/mol. The molecule has 0 aliphatic rings. The van der Waals surface area contributed by atoms with Gasteiger partial charge in [-0.05, 0) is 6.54 Å². The van der Waals surface area contributed by atoms with E-state index in [0.717, 1.165) is 13.2 Å². The molecule has 0 radical (unpaired) electrons. The predicted octanol–water partition coefficient (Wildman–Crippen LogP) is -1.07. The van der Waals surface area contributed by atoms with Crippen LogP contribution in [0.2, 0.25) is 0 Å². The number of rotatable bonds is 6. The molecule has 0 aromatic carbocycles. The highest BCUT2D eigenvalue weighted by molar-refractivity contribution is 5.54. The summed E-state index contributed by atoms with van der Waals surface area (Å²) in [7, 11) is 1.73. The van der Waals surface area contributed by atoms with Crippen LogP contribution in [0.1, 0.15) is 6.92 Å². The van der Waals surface area contributed by atoms with Gasteiger partial charge in [-0.1, -0.05) is 6.92 Å². The lowest BCUT2D eigenvalue weighted by Gasteiger charge is -2.18. The SMILES string of the molecule is CCNCN(/C=N\C)CNN. The highest BCUT2D eigenvalue weighted by Crippen LogP contribution is 1.75. The number of nitrogens with zero attached hydrogens (tertiary/aromatic N) is 2. The summed E-state index contributed by atoms with van der Waals surface area (Å²) in [5, 5.41) is 3.16. The Morgan fingerprint density at radius 3 is 2.73 bits per heavy atom. The van der Waals surface area contributed by atoms with E-state index in [-0.39, 0.29) is 0 Å². The molecule has 5 heteroatoms. The summed E-state index contributed by atoms with van der Waals surface area (Å²) in [5.41, 5.74) is 2.56. The largest absolute Gasteiger partial charge is 0.336 e. The molecule has 0 spiro atoms. The number of hydrazine groups is 1. The van der Waals surface area contributed by atoms with Gasteiger partial charge in [-0.3, -0.25) is 10.8 Å². The summed E-state index contributed by atoms with van der Waals surface area (Å²) >= 11 is 0. The van der Waals surface area contributed by atoms with Crippen molar-refractivity contribution in [2.75, 3.05) is 26.9 Å². The van der Waals surface area contributed by atoms with Gasteiger partial charge in [0.25, 0.3) is 0 Å². The molecule has 0 amide bonds. The van der Waals surface area contributed by atoms with Crippen LogP contribution in [-0.2, 0) is 0 Å². The molecule has 0 saturated heterocycles. The fourth-order valence-electron chi connectivity index (χ4n) is 0.674. The summed E-state index contributed by atoms with van der Waals surface area (Å²) in [6.45, 7) is 4.36. The average Bonchev–Trinajstić information content (AvgIpc) is 2.01. The first-order valence-electron chi connectivity index (χ1n) is 3.65. The number of nitrogens with two attached hydrogens (primary N) is 1. The van der Waals surface area contributed by atoms with E-state index in [1.807, 2.05) is 4.90 Å². The first-order chi connectivity index (χ1) is 5.35. The van der Waals surface area contributed by atoms with Crippen LogP contribution < -0.4 is 16.6 Å². The van der Waals surface area contributed by atoms with E-state index in [2.05, 4.69) is 22.7 Å². The minimum atomic E-state index is 0.602. The van der Waals surface area contributed by atoms with Crippen molar-refractivity contribution in [2.45, 2.75) is 6.92 Å². The van der Waals surface area contributed by atoms with Crippen LogP contribution in [-0.4, -0.2) is 38.2 Å². The summed E-state index contributed by atoms with van der Waals surface area (Å²) in [5.74, 6) is 5.15. The Morgan fingerprint density at radius 2 is 2.27 bits per heavy atom. The zero-order chi connectivity index (χ0) is 8.53. The smallest absolute Gasteiger partial charge is 0.0867 e. The molecule has 0 atom stereocenters. The van der Waals surface area contributed by atoms with Crippen molar-refractivity contribution in [3.05, 3.63) is 0 Å². The van der Waals surface area contributed by atoms with Gasteiger partial charge in [-0.25, -0.2) is 5.43 Å². The molecule has 0 aromatic rings. The zero-order valence-corrected chi connectivity index (χ0v) is 7.17. The standard InChI is InChI=1S/C6H17N5/c1-3-9-5-11(4-8-2)6-10-7/h4,9-10H,3,5-7H2,1-2H3/b8-4-. The maximum absolute atomic E-state index is 5.15. The Bertz CT molecular complexity index is 103. The van der Waals surface area contributed by atoms with Gasteiger partial charge in [0.1, 0.15) is 0 Å². The number of aliphatic imine (C=N–C) groups is 1. The molecule has 4 N–H and O–H groups in total. The van der Waals surface area contributed by atoms with Gasteiger partial charge in [0.05, 0.1) is 19.7 Å². The van der Waals surface area contributed by atoms with Gasteiger partial charge < -0.3 is 10.2 Å². The van der Waals surface area contributed by atoms with E-state index in [1.54, 1.807) is 13.4 Å². The van der Waals surface area contributed by atoms with Gasteiger partial charge in [-0.2, -0.15) is 0 Å². The van der Waals surface area contributed by atoms with E-state index in [4.69, 9.17) is 5.84 Å². The molecule has 0 aromatic heterocycles. The monoisotopic (exact) mass is 159 g/mol. The molecule has 11 heavy (non-hydrogen) atoms. The van der Waals surface area contributed by atoms with E-state index in [1.165, 1.54) is 0 Å². The van der Waals surface area contributed by atoms with Crippen molar-refractivity contribution in [2.24, 2.45) is 10.8 Å². The van der Waals surface area contributed by atoms with Crippen molar-refractivity contribution in [1.29, 1.82) is 0 Å². The summed E-state index contributed by atoms with van der Waals surface area (Å²) in [6, 6.07) is 0. The summed E-state index contributed by atoms with van der Waals surface area (Å²) in [6.07, 6.45) is 1.74. The van der Waals surface area contributed by atoms with E-state index in [9.17, 15) is 0 Å². The van der Waals surface area contributed by atoms with E-state index in [0.29, 0.717) is 6.67 Å². The van der Waals surface area contributed by atoms with Crippen LogP contribution >= 0.6 is 0 Å². The first kappa shape index (κ1) is 10.3. The van der Waals surface area contributed by atoms with Crippen LogP contribution in [0.25, 0.3) is 0 Å². The maximum Gasteiger partial charge on any atom is 0.0867 e. The van der Waals surface area contributed by atoms with E-state index >= 15 is 0 Å². The highest BCUT2D eigenvalue weighted by atomic mass is 15.4. The molecule has 0 aliphatic carbocycles. The molecule has 5 nitrogen and oxygen atoms in total. The van der Waals surface area contributed by atoms with E-state index < -0.39 is 0 Å². The molecule has 0 fully saturated rings. The maximum atomic E-state index is 5.15. The Hall–Kier alpha value is -0.650. The van der Waals surface area contributed by atoms with Gasteiger partial charge in [0.2, 0.25) is 0 Å². The summed E-state index contributed by atoms with van der Waals surface area (Å²) in [4.78, 5) is 5.81. The molecule has 0 heterocycles. The minimum Gasteiger partial charge on any atom is -0.336 e. The lowest BCUT2D eigenvalue weighted by atomic mass is 10.7. The Balaban J connectivity index is 3.51. The van der Waals surface area contributed by atoms with Crippen molar-refractivity contribution < 1.29 is 0 Å². The zero-order valence-electron chi connectivity index (χ0n) is 7.17. The highest BCUT2D eigenvalue weighted by Gasteiger charge is 1.94. The quantitative estimate of drug-likeness (QED) is 0.152. The summed E-state index contributed by atoms with van der Waals surface area (Å²) < 4.78 is 0.